The lowest BCUT2D eigenvalue weighted by atomic mass is 9.82. The van der Waals surface area contributed by atoms with Gasteiger partial charge in [-0.15, -0.1) is 0 Å². The van der Waals surface area contributed by atoms with Crippen molar-refractivity contribution in [3.8, 4) is 0 Å². The molecule has 0 aliphatic heterocycles. The molecule has 3 N–H and O–H groups in total. The first-order valence-electron chi connectivity index (χ1n) is 9.39. The molecule has 7 nitrogen and oxygen atoms in total. The minimum absolute atomic E-state index is 0.0757. The summed E-state index contributed by atoms with van der Waals surface area (Å²) in [5.41, 5.74) is 6.52. The number of anilines is 2. The number of benzene rings is 1. The van der Waals surface area contributed by atoms with Gasteiger partial charge in [-0.3, -0.25) is 9.48 Å². The Morgan fingerprint density at radius 2 is 2.07 bits per heavy atom. The van der Waals surface area contributed by atoms with Crippen molar-refractivity contribution in [3.05, 3.63) is 41.8 Å². The van der Waals surface area contributed by atoms with Gasteiger partial charge in [0.25, 0.3) is 5.91 Å². The molecular formula is C20H27FN6O. The van der Waals surface area contributed by atoms with Crippen LogP contribution < -0.4 is 11.1 Å². The predicted molar refractivity (Wildman–Crippen MR) is 109 cm³/mol. The number of aromatic nitrogens is 2. The van der Waals surface area contributed by atoms with Crippen LogP contribution in [-0.2, 0) is 0 Å². The van der Waals surface area contributed by atoms with Crippen molar-refractivity contribution in [1.82, 2.24) is 14.7 Å². The molecule has 3 rings (SSSR count). The molecule has 150 valence electrons. The van der Waals surface area contributed by atoms with Gasteiger partial charge in [-0.25, -0.2) is 4.39 Å². The summed E-state index contributed by atoms with van der Waals surface area (Å²) in [6.45, 7) is 0. The van der Waals surface area contributed by atoms with Crippen LogP contribution in [0.1, 0.15) is 35.7 Å². The molecule has 0 saturated heterocycles. The third-order valence-corrected chi connectivity index (χ3v) is 5.36. The van der Waals surface area contributed by atoms with Gasteiger partial charge in [0.15, 0.2) is 5.82 Å². The van der Waals surface area contributed by atoms with Gasteiger partial charge in [0.05, 0.1) is 6.04 Å². The highest BCUT2D eigenvalue weighted by atomic mass is 19.1. The van der Waals surface area contributed by atoms with Crippen molar-refractivity contribution in [2.24, 2.45) is 16.6 Å². The Bertz CT molecular complexity index is 845. The number of nitrogens with one attached hydrogen (secondary N) is 1. The predicted octanol–water partition coefficient (Wildman–Crippen LogP) is 2.84. The molecule has 1 aliphatic rings. The van der Waals surface area contributed by atoms with E-state index in [9.17, 15) is 9.18 Å². The van der Waals surface area contributed by atoms with Crippen molar-refractivity contribution in [3.63, 3.8) is 0 Å². The van der Waals surface area contributed by atoms with Gasteiger partial charge in [-0.05, 0) is 57.6 Å². The molecule has 1 heterocycles. The van der Waals surface area contributed by atoms with Crippen LogP contribution in [-0.4, -0.2) is 54.0 Å². The first kappa shape index (κ1) is 20.0. The standard InChI is InChI=1S/C20H27FN6O/c1-23-11-13-4-9-16(26(2)3)10-18(13)27-12-17(19(22)28)20(25-27)24-15-7-5-14(21)6-8-15/h5-8,11-13,16,18H,4,9-10H2,1-3H3,(H2,22,28)(H,24,25). The molecule has 3 unspecified atom stereocenters. The van der Waals surface area contributed by atoms with Gasteiger partial charge in [-0.2, -0.15) is 5.10 Å². The van der Waals surface area contributed by atoms with E-state index in [1.54, 1.807) is 25.4 Å². The highest BCUT2D eigenvalue weighted by Crippen LogP contribution is 2.35. The summed E-state index contributed by atoms with van der Waals surface area (Å²) in [5, 5.41) is 7.71. The van der Waals surface area contributed by atoms with Gasteiger partial charge in [-0.1, -0.05) is 0 Å². The van der Waals surface area contributed by atoms with Crippen molar-refractivity contribution in [2.45, 2.75) is 31.3 Å². The van der Waals surface area contributed by atoms with Crippen LogP contribution in [0.4, 0.5) is 15.9 Å². The summed E-state index contributed by atoms with van der Waals surface area (Å²) >= 11 is 0. The van der Waals surface area contributed by atoms with E-state index >= 15 is 0 Å². The number of amides is 1. The minimum Gasteiger partial charge on any atom is -0.365 e. The van der Waals surface area contributed by atoms with E-state index < -0.39 is 5.91 Å². The zero-order valence-electron chi connectivity index (χ0n) is 16.5. The monoisotopic (exact) mass is 386 g/mol. The number of rotatable bonds is 6. The maximum absolute atomic E-state index is 13.2. The van der Waals surface area contributed by atoms with E-state index in [1.807, 2.05) is 10.9 Å². The molecule has 0 spiro atoms. The van der Waals surface area contributed by atoms with E-state index in [4.69, 9.17) is 5.73 Å². The lowest BCUT2D eigenvalue weighted by Gasteiger charge is -2.37. The third kappa shape index (κ3) is 4.39. The van der Waals surface area contributed by atoms with E-state index in [2.05, 4.69) is 34.4 Å². The SMILES string of the molecule is CN=CC1CCC(N(C)C)CC1n1cc(C(N)=O)c(Nc2ccc(F)cc2)n1. The lowest BCUT2D eigenvalue weighted by Crippen LogP contribution is -2.38. The molecule has 0 radical (unpaired) electrons. The second kappa shape index (κ2) is 8.52. The summed E-state index contributed by atoms with van der Waals surface area (Å²) in [6, 6.07) is 6.38. The molecule has 28 heavy (non-hydrogen) atoms. The topological polar surface area (TPSA) is 88.5 Å². The van der Waals surface area contributed by atoms with Gasteiger partial charge >= 0.3 is 0 Å². The number of halogens is 1. The summed E-state index contributed by atoms with van der Waals surface area (Å²) in [6.07, 6.45) is 6.66. The van der Waals surface area contributed by atoms with E-state index in [-0.39, 0.29) is 17.8 Å². The van der Waals surface area contributed by atoms with Crippen LogP contribution in [0.2, 0.25) is 0 Å². The largest absolute Gasteiger partial charge is 0.365 e. The average Bonchev–Trinajstić information content (AvgIpc) is 3.08. The van der Waals surface area contributed by atoms with Crippen LogP contribution in [0.25, 0.3) is 0 Å². The average molecular weight is 386 g/mol. The third-order valence-electron chi connectivity index (χ3n) is 5.36. The number of nitrogens with two attached hydrogens (primary N) is 1. The van der Waals surface area contributed by atoms with Crippen molar-refractivity contribution >= 4 is 23.6 Å². The lowest BCUT2D eigenvalue weighted by molar-refractivity contribution is 0.100. The van der Waals surface area contributed by atoms with Crippen molar-refractivity contribution < 1.29 is 9.18 Å². The Hall–Kier alpha value is -2.74. The minimum atomic E-state index is -0.559. The van der Waals surface area contributed by atoms with Gasteiger partial charge in [0.1, 0.15) is 11.4 Å². The molecule has 2 aromatic rings. The number of aliphatic imine (C=N–C) groups is 1. The van der Waals surface area contributed by atoms with Gasteiger partial charge < -0.3 is 20.9 Å². The number of carbonyl (C=O) groups excluding carboxylic acids is 1. The van der Waals surface area contributed by atoms with Gasteiger partial charge in [0, 0.05) is 37.1 Å². The van der Waals surface area contributed by atoms with Crippen LogP contribution in [0.3, 0.4) is 0 Å². The number of carbonyl (C=O) groups is 1. The van der Waals surface area contributed by atoms with Gasteiger partial charge in [0.2, 0.25) is 0 Å². The van der Waals surface area contributed by atoms with Crippen molar-refractivity contribution in [1.29, 1.82) is 0 Å². The van der Waals surface area contributed by atoms with Crippen LogP contribution in [0.5, 0.6) is 0 Å². The summed E-state index contributed by atoms with van der Waals surface area (Å²) in [4.78, 5) is 18.4. The number of hydrogen-bond donors (Lipinski definition) is 2. The van der Waals surface area contributed by atoms with E-state index in [0.717, 1.165) is 19.3 Å². The number of nitrogens with zero attached hydrogens (tertiary/aromatic N) is 4. The maximum atomic E-state index is 13.2. The molecule has 1 amide bonds. The first-order chi connectivity index (χ1) is 13.4. The number of hydrogen-bond acceptors (Lipinski definition) is 5. The fraction of sp³-hybridized carbons (Fsp3) is 0.450. The molecule has 1 aliphatic carbocycles. The molecule has 1 aromatic carbocycles. The summed E-state index contributed by atoms with van der Waals surface area (Å²) in [5.74, 6) is -0.278. The molecule has 1 saturated carbocycles. The Balaban J connectivity index is 1.93. The molecule has 3 atom stereocenters. The maximum Gasteiger partial charge on any atom is 0.254 e. The second-order valence-electron chi connectivity index (χ2n) is 7.44. The highest BCUT2D eigenvalue weighted by molar-refractivity contribution is 5.98. The molecule has 0 bridgehead atoms. The zero-order valence-corrected chi connectivity index (χ0v) is 16.5. The second-order valence-corrected chi connectivity index (χ2v) is 7.44. The zero-order chi connectivity index (χ0) is 20.3. The van der Waals surface area contributed by atoms with E-state index in [1.165, 1.54) is 12.1 Å². The fourth-order valence-corrected chi connectivity index (χ4v) is 3.79. The van der Waals surface area contributed by atoms with Crippen LogP contribution in [0, 0.1) is 11.7 Å². The van der Waals surface area contributed by atoms with Crippen molar-refractivity contribution in [2.75, 3.05) is 26.5 Å². The molecular weight excluding hydrogens is 359 g/mol. The quantitative estimate of drug-likeness (QED) is 0.747. The Morgan fingerprint density at radius 3 is 2.68 bits per heavy atom. The Kier molecular flexibility index (Phi) is 6.08. The fourth-order valence-electron chi connectivity index (χ4n) is 3.79. The summed E-state index contributed by atoms with van der Waals surface area (Å²) < 4.78 is 15.0. The van der Waals surface area contributed by atoms with Crippen LogP contribution in [0.15, 0.2) is 35.5 Å². The first-order valence-corrected chi connectivity index (χ1v) is 9.39. The smallest absolute Gasteiger partial charge is 0.254 e. The Morgan fingerprint density at radius 1 is 1.36 bits per heavy atom. The normalized spacial score (nSPS) is 22.7. The van der Waals surface area contributed by atoms with Crippen LogP contribution >= 0.6 is 0 Å². The molecule has 1 aromatic heterocycles. The Labute approximate surface area is 164 Å². The molecule has 8 heteroatoms. The number of primary amides is 1. The highest BCUT2D eigenvalue weighted by Gasteiger charge is 2.33. The molecule has 1 fully saturated rings. The summed E-state index contributed by atoms with van der Waals surface area (Å²) in [7, 11) is 5.93. The van der Waals surface area contributed by atoms with E-state index in [0.29, 0.717) is 23.1 Å².